The largest absolute Gasteiger partial charge is 0.409 e. The van der Waals surface area contributed by atoms with E-state index in [9.17, 15) is 22.0 Å². The molecule has 0 atom stereocenters. The standard InChI is InChI=1S/C27H37F5/c1-2-3-4-5-6-19-7-9-20(10-8-19)21-11-13-22(14-12-21)23-17-25(28)24(26(29)18-23)15-16-27(30,31)32/h15-22H,2-14H2,1H3. The van der Waals surface area contributed by atoms with Crippen molar-refractivity contribution in [3.05, 3.63) is 41.0 Å². The molecule has 0 aliphatic heterocycles. The lowest BCUT2D eigenvalue weighted by molar-refractivity contribution is -0.0790. The normalized spacial score (nSPS) is 27.2. The van der Waals surface area contributed by atoms with Crippen LogP contribution in [0.1, 0.15) is 107 Å². The van der Waals surface area contributed by atoms with Crippen LogP contribution >= 0.6 is 0 Å². The third-order valence-corrected chi connectivity index (χ3v) is 7.81. The molecule has 5 heteroatoms. The Kier molecular flexibility index (Phi) is 9.19. The number of benzene rings is 1. The predicted molar refractivity (Wildman–Crippen MR) is 120 cm³/mol. The SMILES string of the molecule is CCCCCCC1CCC(C2CCC(c3cc(F)c(C=CC(F)(F)F)c(F)c3)CC2)CC1. The van der Waals surface area contributed by atoms with Gasteiger partial charge in [-0.2, -0.15) is 13.2 Å². The molecule has 2 fully saturated rings. The summed E-state index contributed by atoms with van der Waals surface area (Å²) in [4.78, 5) is 0. The van der Waals surface area contributed by atoms with Gasteiger partial charge in [0, 0.05) is 11.6 Å². The highest BCUT2D eigenvalue weighted by atomic mass is 19.4. The fourth-order valence-corrected chi connectivity index (χ4v) is 5.91. The summed E-state index contributed by atoms with van der Waals surface area (Å²) in [7, 11) is 0. The van der Waals surface area contributed by atoms with E-state index in [0.717, 1.165) is 37.5 Å². The van der Waals surface area contributed by atoms with Crippen LogP contribution in [0, 0.1) is 29.4 Å². The maximum absolute atomic E-state index is 14.3. The summed E-state index contributed by atoms with van der Waals surface area (Å²) in [5.41, 5.74) is -0.0374. The molecule has 0 nitrogen and oxygen atoms in total. The maximum Gasteiger partial charge on any atom is 0.409 e. The molecule has 32 heavy (non-hydrogen) atoms. The highest BCUT2D eigenvalue weighted by Crippen LogP contribution is 2.45. The van der Waals surface area contributed by atoms with E-state index in [1.165, 1.54) is 69.9 Å². The van der Waals surface area contributed by atoms with Crippen LogP contribution in [0.5, 0.6) is 0 Å². The number of allylic oxidation sites excluding steroid dienone is 1. The third kappa shape index (κ3) is 7.31. The maximum atomic E-state index is 14.3. The van der Waals surface area contributed by atoms with Crippen molar-refractivity contribution in [2.45, 2.75) is 102 Å². The first-order valence-corrected chi connectivity index (χ1v) is 12.5. The molecule has 0 heterocycles. The Morgan fingerprint density at radius 2 is 1.38 bits per heavy atom. The summed E-state index contributed by atoms with van der Waals surface area (Å²) in [5, 5.41) is 0. The van der Waals surface area contributed by atoms with Crippen molar-refractivity contribution in [1.82, 2.24) is 0 Å². The van der Waals surface area contributed by atoms with Gasteiger partial charge in [0.25, 0.3) is 0 Å². The van der Waals surface area contributed by atoms with E-state index >= 15 is 0 Å². The molecule has 0 saturated heterocycles. The van der Waals surface area contributed by atoms with Gasteiger partial charge in [-0.1, -0.05) is 51.9 Å². The molecule has 0 aromatic heterocycles. The van der Waals surface area contributed by atoms with Crippen LogP contribution in [0.2, 0.25) is 0 Å². The number of hydrogen-bond acceptors (Lipinski definition) is 0. The van der Waals surface area contributed by atoms with Crippen LogP contribution < -0.4 is 0 Å². The molecule has 2 saturated carbocycles. The number of halogens is 5. The van der Waals surface area contributed by atoms with Gasteiger partial charge in [0.2, 0.25) is 0 Å². The van der Waals surface area contributed by atoms with Crippen LogP contribution in [0.3, 0.4) is 0 Å². The Morgan fingerprint density at radius 3 is 1.91 bits per heavy atom. The van der Waals surface area contributed by atoms with E-state index in [1.54, 1.807) is 0 Å². The summed E-state index contributed by atoms with van der Waals surface area (Å²) in [5.74, 6) is 0.642. The van der Waals surface area contributed by atoms with E-state index in [0.29, 0.717) is 17.6 Å². The predicted octanol–water partition coefficient (Wildman–Crippen LogP) is 9.59. The van der Waals surface area contributed by atoms with Crippen LogP contribution in [0.25, 0.3) is 6.08 Å². The van der Waals surface area contributed by atoms with E-state index < -0.39 is 23.4 Å². The summed E-state index contributed by atoms with van der Waals surface area (Å²) < 4.78 is 65.6. The summed E-state index contributed by atoms with van der Waals surface area (Å²) in [6.45, 7) is 2.25. The number of rotatable bonds is 8. The van der Waals surface area contributed by atoms with Crippen LogP contribution in [0.4, 0.5) is 22.0 Å². The molecule has 180 valence electrons. The van der Waals surface area contributed by atoms with Gasteiger partial charge in [-0.05, 0) is 86.0 Å². The van der Waals surface area contributed by atoms with Crippen molar-refractivity contribution < 1.29 is 22.0 Å². The van der Waals surface area contributed by atoms with Gasteiger partial charge < -0.3 is 0 Å². The fraction of sp³-hybridized carbons (Fsp3) is 0.704. The van der Waals surface area contributed by atoms with Crippen molar-refractivity contribution in [3.8, 4) is 0 Å². The summed E-state index contributed by atoms with van der Waals surface area (Å²) in [6.07, 6.45) is 11.8. The Hall–Kier alpha value is -1.39. The first kappa shape index (κ1) is 25.2. The molecule has 0 bridgehead atoms. The molecule has 0 unspecified atom stereocenters. The molecule has 3 rings (SSSR count). The molecule has 0 radical (unpaired) electrons. The number of unbranched alkanes of at least 4 members (excludes halogenated alkanes) is 3. The molecule has 0 spiro atoms. The van der Waals surface area contributed by atoms with Crippen molar-refractivity contribution in [2.75, 3.05) is 0 Å². The molecule has 1 aromatic rings. The second kappa shape index (κ2) is 11.7. The van der Waals surface area contributed by atoms with Gasteiger partial charge in [-0.25, -0.2) is 8.78 Å². The zero-order chi connectivity index (χ0) is 23.1. The Balaban J connectivity index is 1.48. The van der Waals surface area contributed by atoms with Gasteiger partial charge >= 0.3 is 6.18 Å². The molecule has 0 N–H and O–H groups in total. The number of hydrogen-bond donors (Lipinski definition) is 0. The average molecular weight is 457 g/mol. The minimum atomic E-state index is -4.59. The van der Waals surface area contributed by atoms with Crippen molar-refractivity contribution in [1.29, 1.82) is 0 Å². The minimum Gasteiger partial charge on any atom is -0.206 e. The zero-order valence-electron chi connectivity index (χ0n) is 19.2. The topological polar surface area (TPSA) is 0 Å². The summed E-state index contributed by atoms with van der Waals surface area (Å²) in [6, 6.07) is 2.46. The second-order valence-corrected chi connectivity index (χ2v) is 10.0. The first-order valence-electron chi connectivity index (χ1n) is 12.5. The zero-order valence-corrected chi connectivity index (χ0v) is 19.2. The Morgan fingerprint density at radius 1 is 0.812 bits per heavy atom. The van der Waals surface area contributed by atoms with E-state index in [2.05, 4.69) is 6.92 Å². The lowest BCUT2D eigenvalue weighted by atomic mass is 9.68. The van der Waals surface area contributed by atoms with E-state index in [4.69, 9.17) is 0 Å². The second-order valence-electron chi connectivity index (χ2n) is 10.0. The lowest BCUT2D eigenvalue weighted by Gasteiger charge is -2.38. The highest BCUT2D eigenvalue weighted by molar-refractivity contribution is 5.52. The van der Waals surface area contributed by atoms with Crippen molar-refractivity contribution in [2.24, 2.45) is 17.8 Å². The Bertz CT molecular complexity index is 712. The minimum absolute atomic E-state index is 0.0887. The van der Waals surface area contributed by atoms with Gasteiger partial charge in [-0.3, -0.25) is 0 Å². The molecule has 2 aliphatic carbocycles. The van der Waals surface area contributed by atoms with Crippen LogP contribution in [-0.2, 0) is 0 Å². The molecule has 0 amide bonds. The van der Waals surface area contributed by atoms with Gasteiger partial charge in [0.1, 0.15) is 11.6 Å². The van der Waals surface area contributed by atoms with Crippen LogP contribution in [-0.4, -0.2) is 6.18 Å². The van der Waals surface area contributed by atoms with Gasteiger partial charge in [-0.15, -0.1) is 0 Å². The third-order valence-electron chi connectivity index (χ3n) is 7.81. The average Bonchev–Trinajstić information content (AvgIpc) is 2.76. The lowest BCUT2D eigenvalue weighted by Crippen LogP contribution is -2.25. The number of alkyl halides is 3. The smallest absolute Gasteiger partial charge is 0.206 e. The molecule has 1 aromatic carbocycles. The molecular weight excluding hydrogens is 419 g/mol. The monoisotopic (exact) mass is 456 g/mol. The Labute approximate surface area is 189 Å². The highest BCUT2D eigenvalue weighted by Gasteiger charge is 2.31. The quantitative estimate of drug-likeness (QED) is 0.270. The van der Waals surface area contributed by atoms with Crippen LogP contribution in [0.15, 0.2) is 18.2 Å². The van der Waals surface area contributed by atoms with Gasteiger partial charge in [0.05, 0.1) is 0 Å². The summed E-state index contributed by atoms with van der Waals surface area (Å²) >= 11 is 0. The first-order chi connectivity index (χ1) is 15.3. The molecular formula is C27H37F5. The van der Waals surface area contributed by atoms with E-state index in [1.807, 2.05) is 0 Å². The van der Waals surface area contributed by atoms with E-state index in [-0.39, 0.29) is 12.0 Å². The molecule has 2 aliphatic rings. The van der Waals surface area contributed by atoms with Crippen molar-refractivity contribution >= 4 is 6.08 Å². The van der Waals surface area contributed by atoms with Crippen molar-refractivity contribution in [3.63, 3.8) is 0 Å². The van der Waals surface area contributed by atoms with Gasteiger partial charge in [0.15, 0.2) is 0 Å². The fourth-order valence-electron chi connectivity index (χ4n) is 5.91.